The van der Waals surface area contributed by atoms with Gasteiger partial charge in [0.1, 0.15) is 5.60 Å². The first-order chi connectivity index (χ1) is 4.52. The lowest BCUT2D eigenvalue weighted by Gasteiger charge is -2.32. The van der Waals surface area contributed by atoms with Gasteiger partial charge in [-0.05, 0) is 33.1 Å². The molecule has 0 bridgehead atoms. The van der Waals surface area contributed by atoms with Crippen LogP contribution in [0.3, 0.4) is 0 Å². The highest BCUT2D eigenvalue weighted by molar-refractivity contribution is 4.99. The van der Waals surface area contributed by atoms with Crippen LogP contribution in [-0.4, -0.2) is 21.6 Å². The van der Waals surface area contributed by atoms with Gasteiger partial charge in [-0.3, -0.25) is 5.26 Å². The van der Waals surface area contributed by atoms with Gasteiger partial charge >= 0.3 is 0 Å². The average Bonchev–Trinajstić information content (AvgIpc) is 2.10. The molecule has 0 saturated heterocycles. The molecule has 1 aliphatic carbocycles. The molecule has 0 radical (unpaired) electrons. The summed E-state index contributed by atoms with van der Waals surface area (Å²) < 4.78 is 0. The predicted octanol–water partition coefficient (Wildman–Crippen LogP) is 1.17. The molecule has 1 saturated carbocycles. The van der Waals surface area contributed by atoms with Gasteiger partial charge in [-0.2, -0.15) is 0 Å². The third-order valence-electron chi connectivity index (χ3n) is 2.66. The number of aliphatic hydroxyl groups is 1. The van der Waals surface area contributed by atoms with Crippen LogP contribution in [0.2, 0.25) is 0 Å². The monoisotopic (exact) mass is 146 g/mol. The Morgan fingerprint density at radius 2 is 1.90 bits per heavy atom. The maximum Gasteiger partial charge on any atom is 0.129 e. The zero-order valence-electron chi connectivity index (χ0n) is 6.42. The summed E-state index contributed by atoms with van der Waals surface area (Å²) in [6.07, 6.45) is 2.32. The van der Waals surface area contributed by atoms with E-state index in [1.165, 1.54) is 0 Å². The highest BCUT2D eigenvalue weighted by atomic mass is 17.1. The lowest BCUT2D eigenvalue weighted by atomic mass is 9.90. The molecule has 1 fully saturated rings. The SMILES string of the molecule is CC1(O)CCCC1(C)OO. The van der Waals surface area contributed by atoms with Crippen LogP contribution in [0.25, 0.3) is 0 Å². The Bertz CT molecular complexity index is 133. The van der Waals surface area contributed by atoms with E-state index in [9.17, 15) is 5.11 Å². The molecular weight excluding hydrogens is 132 g/mol. The molecule has 1 rings (SSSR count). The molecule has 2 unspecified atom stereocenters. The van der Waals surface area contributed by atoms with Gasteiger partial charge in [0.2, 0.25) is 0 Å². The predicted molar refractivity (Wildman–Crippen MR) is 36.6 cm³/mol. The molecule has 0 aromatic carbocycles. The molecule has 0 aliphatic heterocycles. The van der Waals surface area contributed by atoms with Crippen LogP contribution in [-0.2, 0) is 4.89 Å². The second-order valence-electron chi connectivity index (χ2n) is 3.45. The van der Waals surface area contributed by atoms with E-state index in [1.54, 1.807) is 13.8 Å². The van der Waals surface area contributed by atoms with Crippen LogP contribution in [0, 0.1) is 0 Å². The fourth-order valence-corrected chi connectivity index (χ4v) is 1.45. The van der Waals surface area contributed by atoms with Crippen LogP contribution in [0.1, 0.15) is 33.1 Å². The Kier molecular flexibility index (Phi) is 1.75. The Morgan fingerprint density at radius 3 is 2.10 bits per heavy atom. The molecule has 0 heterocycles. The van der Waals surface area contributed by atoms with E-state index >= 15 is 0 Å². The molecule has 3 heteroatoms. The van der Waals surface area contributed by atoms with Crippen LogP contribution < -0.4 is 0 Å². The van der Waals surface area contributed by atoms with Crippen molar-refractivity contribution in [2.45, 2.75) is 44.3 Å². The number of hydrogen-bond acceptors (Lipinski definition) is 3. The minimum absolute atomic E-state index is 0.698. The lowest BCUT2D eigenvalue weighted by Crippen LogP contribution is -2.46. The van der Waals surface area contributed by atoms with Crippen molar-refractivity contribution >= 4 is 0 Å². The number of rotatable bonds is 1. The molecule has 2 N–H and O–H groups in total. The lowest BCUT2D eigenvalue weighted by molar-refractivity contribution is -0.349. The normalized spacial score (nSPS) is 48.0. The van der Waals surface area contributed by atoms with Crippen molar-refractivity contribution < 1.29 is 15.3 Å². The van der Waals surface area contributed by atoms with E-state index in [-0.39, 0.29) is 0 Å². The molecule has 0 amide bonds. The third-order valence-corrected chi connectivity index (χ3v) is 2.66. The van der Waals surface area contributed by atoms with Crippen LogP contribution >= 0.6 is 0 Å². The zero-order chi connectivity index (χ0) is 7.83. The first-order valence-electron chi connectivity index (χ1n) is 3.57. The first kappa shape index (κ1) is 7.98. The fourth-order valence-electron chi connectivity index (χ4n) is 1.45. The molecular formula is C7H14O3. The third kappa shape index (κ3) is 0.944. The van der Waals surface area contributed by atoms with Gasteiger partial charge < -0.3 is 5.11 Å². The van der Waals surface area contributed by atoms with E-state index in [1.807, 2.05) is 0 Å². The molecule has 1 aliphatic rings. The molecule has 0 spiro atoms. The molecule has 2 atom stereocenters. The maximum absolute atomic E-state index is 9.63. The Morgan fingerprint density at radius 1 is 1.30 bits per heavy atom. The molecule has 60 valence electrons. The van der Waals surface area contributed by atoms with Crippen molar-refractivity contribution in [2.75, 3.05) is 0 Å². The molecule has 0 aromatic heterocycles. The highest BCUT2D eigenvalue weighted by Crippen LogP contribution is 2.40. The molecule has 3 nitrogen and oxygen atoms in total. The summed E-state index contributed by atoms with van der Waals surface area (Å²) in [5.74, 6) is 0. The second kappa shape index (κ2) is 2.19. The molecule has 10 heavy (non-hydrogen) atoms. The van der Waals surface area contributed by atoms with Crippen LogP contribution in [0.4, 0.5) is 0 Å². The van der Waals surface area contributed by atoms with Crippen molar-refractivity contribution in [3.63, 3.8) is 0 Å². The van der Waals surface area contributed by atoms with Crippen LogP contribution in [0.5, 0.6) is 0 Å². The summed E-state index contributed by atoms with van der Waals surface area (Å²) in [5, 5.41) is 18.1. The Balaban J connectivity index is 2.76. The van der Waals surface area contributed by atoms with Gasteiger partial charge in [-0.15, -0.1) is 0 Å². The Labute approximate surface area is 60.6 Å². The van der Waals surface area contributed by atoms with Crippen LogP contribution in [0.15, 0.2) is 0 Å². The van der Waals surface area contributed by atoms with Gasteiger partial charge in [0.05, 0.1) is 5.60 Å². The van der Waals surface area contributed by atoms with Crippen molar-refractivity contribution in [3.05, 3.63) is 0 Å². The van der Waals surface area contributed by atoms with Crippen molar-refractivity contribution in [2.24, 2.45) is 0 Å². The van der Waals surface area contributed by atoms with Crippen molar-refractivity contribution in [1.82, 2.24) is 0 Å². The number of hydrogen-bond donors (Lipinski definition) is 2. The first-order valence-corrected chi connectivity index (χ1v) is 3.57. The van der Waals surface area contributed by atoms with Gasteiger partial charge in [-0.25, -0.2) is 4.89 Å². The summed E-state index contributed by atoms with van der Waals surface area (Å²) in [4.78, 5) is 4.26. The van der Waals surface area contributed by atoms with Crippen molar-refractivity contribution in [3.8, 4) is 0 Å². The zero-order valence-corrected chi connectivity index (χ0v) is 6.42. The second-order valence-corrected chi connectivity index (χ2v) is 3.45. The Hall–Kier alpha value is -0.120. The van der Waals surface area contributed by atoms with E-state index < -0.39 is 11.2 Å². The summed E-state index contributed by atoms with van der Waals surface area (Å²) >= 11 is 0. The smallest absolute Gasteiger partial charge is 0.129 e. The maximum atomic E-state index is 9.63. The molecule has 0 aromatic rings. The summed E-state index contributed by atoms with van der Waals surface area (Å²) in [6, 6.07) is 0. The topological polar surface area (TPSA) is 49.7 Å². The standard InChI is InChI=1S/C7H14O3/c1-6(8)4-3-5-7(6,2)10-9/h8-9H,3-5H2,1-2H3. The fraction of sp³-hybridized carbons (Fsp3) is 1.00. The van der Waals surface area contributed by atoms with E-state index in [2.05, 4.69) is 4.89 Å². The van der Waals surface area contributed by atoms with E-state index in [4.69, 9.17) is 5.26 Å². The summed E-state index contributed by atoms with van der Waals surface area (Å²) in [5.41, 5.74) is -1.63. The van der Waals surface area contributed by atoms with Gasteiger partial charge in [0.25, 0.3) is 0 Å². The minimum atomic E-state index is -0.873. The van der Waals surface area contributed by atoms with Gasteiger partial charge in [0.15, 0.2) is 0 Å². The van der Waals surface area contributed by atoms with E-state index in [0.717, 1.165) is 12.8 Å². The quantitative estimate of drug-likeness (QED) is 0.431. The summed E-state index contributed by atoms with van der Waals surface area (Å²) in [7, 11) is 0. The summed E-state index contributed by atoms with van der Waals surface area (Å²) in [6.45, 7) is 3.41. The van der Waals surface area contributed by atoms with Crippen molar-refractivity contribution in [1.29, 1.82) is 0 Å². The van der Waals surface area contributed by atoms with Gasteiger partial charge in [-0.1, -0.05) is 0 Å². The van der Waals surface area contributed by atoms with Gasteiger partial charge in [0, 0.05) is 0 Å². The largest absolute Gasteiger partial charge is 0.387 e. The average molecular weight is 146 g/mol. The highest BCUT2D eigenvalue weighted by Gasteiger charge is 2.49. The van der Waals surface area contributed by atoms with E-state index in [0.29, 0.717) is 6.42 Å². The minimum Gasteiger partial charge on any atom is -0.387 e.